The molecule has 0 fully saturated rings. The number of unbranched alkanes of at least 4 members (excludes halogenated alkanes) is 2. The smallest absolute Gasteiger partial charge is 0.0553 e. The van der Waals surface area contributed by atoms with Crippen LogP contribution in [0.4, 0.5) is 0 Å². The molecule has 17 heavy (non-hydrogen) atoms. The predicted molar refractivity (Wildman–Crippen MR) is 78.4 cm³/mol. The maximum Gasteiger partial charge on any atom is 0.0553 e. The summed E-state index contributed by atoms with van der Waals surface area (Å²) in [6.07, 6.45) is 6.25. The quantitative estimate of drug-likeness (QED) is 0.471. The van der Waals surface area contributed by atoms with E-state index in [9.17, 15) is 0 Å². The summed E-state index contributed by atoms with van der Waals surface area (Å²) in [5, 5.41) is 0. The van der Waals surface area contributed by atoms with Gasteiger partial charge in [-0.1, -0.05) is 26.2 Å². The fourth-order valence-corrected chi connectivity index (χ4v) is 4.72. The van der Waals surface area contributed by atoms with Gasteiger partial charge < -0.3 is 0 Å². The van der Waals surface area contributed by atoms with E-state index < -0.39 is 0 Å². The van der Waals surface area contributed by atoms with Crippen LogP contribution < -0.4 is 11.3 Å². The molecule has 0 spiro atoms. The number of thiophene rings is 1. The lowest BCUT2D eigenvalue weighted by Gasteiger charge is -2.13. The van der Waals surface area contributed by atoms with E-state index in [1.165, 1.54) is 42.1 Å². The highest BCUT2D eigenvalue weighted by molar-refractivity contribution is 7.98. The van der Waals surface area contributed by atoms with Crippen LogP contribution in [0.5, 0.6) is 0 Å². The van der Waals surface area contributed by atoms with Crippen molar-refractivity contribution in [2.75, 3.05) is 5.75 Å². The molecule has 0 bridgehead atoms. The van der Waals surface area contributed by atoms with Crippen LogP contribution in [-0.2, 0) is 12.2 Å². The largest absolute Gasteiger partial charge is 0.271 e. The van der Waals surface area contributed by atoms with Crippen molar-refractivity contribution in [1.82, 2.24) is 5.43 Å². The molecule has 0 aromatic carbocycles. The average Bonchev–Trinajstić information content (AvgIpc) is 2.78. The number of aryl methyl sites for hydroxylation is 1. The van der Waals surface area contributed by atoms with Crippen molar-refractivity contribution in [3.63, 3.8) is 0 Å². The molecule has 1 aromatic rings. The Morgan fingerprint density at radius 2 is 2.35 bits per heavy atom. The lowest BCUT2D eigenvalue weighted by atomic mass is 10.1. The number of fused-ring (bicyclic) bond motifs is 1. The molecule has 0 aliphatic carbocycles. The van der Waals surface area contributed by atoms with Crippen LogP contribution in [0, 0.1) is 0 Å². The molecule has 3 N–H and O–H groups in total. The van der Waals surface area contributed by atoms with Gasteiger partial charge in [0.1, 0.15) is 0 Å². The molecule has 1 aliphatic rings. The predicted octanol–water partition coefficient (Wildman–Crippen LogP) is 3.62. The summed E-state index contributed by atoms with van der Waals surface area (Å²) in [7, 11) is 0. The Morgan fingerprint density at radius 3 is 3.06 bits per heavy atom. The van der Waals surface area contributed by atoms with Crippen molar-refractivity contribution in [2.24, 2.45) is 5.84 Å². The standard InChI is InChI=1S/C13H22N2S2/c1-2-3-4-5-11(15-14)13-8-10-9-16-7-6-12(10)17-13/h8,11,15H,2-7,9,14H2,1H3. The highest BCUT2D eigenvalue weighted by Crippen LogP contribution is 2.35. The highest BCUT2D eigenvalue weighted by atomic mass is 32.2. The van der Waals surface area contributed by atoms with Crippen molar-refractivity contribution >= 4 is 23.1 Å². The maximum atomic E-state index is 5.70. The average molecular weight is 270 g/mol. The van der Waals surface area contributed by atoms with Crippen molar-refractivity contribution in [3.8, 4) is 0 Å². The van der Waals surface area contributed by atoms with Gasteiger partial charge in [0.15, 0.2) is 0 Å². The van der Waals surface area contributed by atoms with Crippen molar-refractivity contribution in [2.45, 2.75) is 50.8 Å². The number of hydrazine groups is 1. The lowest BCUT2D eigenvalue weighted by molar-refractivity contribution is 0.493. The normalized spacial score (nSPS) is 16.8. The first-order valence-corrected chi connectivity index (χ1v) is 8.47. The van der Waals surface area contributed by atoms with Crippen LogP contribution >= 0.6 is 23.1 Å². The van der Waals surface area contributed by atoms with E-state index in [0.717, 1.165) is 6.42 Å². The second-order valence-electron chi connectivity index (χ2n) is 4.61. The summed E-state index contributed by atoms with van der Waals surface area (Å²) in [5.41, 5.74) is 4.54. The Morgan fingerprint density at radius 1 is 1.47 bits per heavy atom. The van der Waals surface area contributed by atoms with Gasteiger partial charge in [0, 0.05) is 15.5 Å². The molecule has 1 aromatic heterocycles. The molecule has 2 nitrogen and oxygen atoms in total. The van der Waals surface area contributed by atoms with E-state index in [1.807, 2.05) is 23.1 Å². The van der Waals surface area contributed by atoms with Crippen molar-refractivity contribution in [3.05, 3.63) is 21.4 Å². The van der Waals surface area contributed by atoms with E-state index in [1.54, 1.807) is 10.4 Å². The monoisotopic (exact) mass is 270 g/mol. The van der Waals surface area contributed by atoms with E-state index in [4.69, 9.17) is 5.84 Å². The third-order valence-corrected chi connectivity index (χ3v) is 5.65. The van der Waals surface area contributed by atoms with Crippen LogP contribution in [0.2, 0.25) is 0 Å². The van der Waals surface area contributed by atoms with Gasteiger partial charge >= 0.3 is 0 Å². The minimum absolute atomic E-state index is 0.363. The van der Waals surface area contributed by atoms with Crippen LogP contribution in [0.1, 0.15) is 54.0 Å². The molecule has 1 atom stereocenters. The zero-order chi connectivity index (χ0) is 12.1. The van der Waals surface area contributed by atoms with Gasteiger partial charge in [0.05, 0.1) is 6.04 Å². The molecule has 96 valence electrons. The minimum atomic E-state index is 0.363. The molecule has 2 heterocycles. The van der Waals surface area contributed by atoms with Gasteiger partial charge in [0.25, 0.3) is 0 Å². The van der Waals surface area contributed by atoms with Gasteiger partial charge in [-0.2, -0.15) is 11.8 Å². The third-order valence-electron chi connectivity index (χ3n) is 3.29. The Kier molecular flexibility index (Phi) is 5.35. The van der Waals surface area contributed by atoms with Gasteiger partial charge in [-0.05, 0) is 30.2 Å². The topological polar surface area (TPSA) is 38.0 Å². The number of nitrogens with two attached hydrogens (primary N) is 1. The second kappa shape index (κ2) is 6.78. The van der Waals surface area contributed by atoms with Gasteiger partial charge in [-0.3, -0.25) is 11.3 Å². The zero-order valence-electron chi connectivity index (χ0n) is 10.5. The Balaban J connectivity index is 2.00. The number of nitrogens with one attached hydrogen (secondary N) is 1. The Labute approximate surface area is 112 Å². The third kappa shape index (κ3) is 3.47. The van der Waals surface area contributed by atoms with Gasteiger partial charge in [0.2, 0.25) is 0 Å². The first kappa shape index (κ1) is 13.4. The van der Waals surface area contributed by atoms with Crippen molar-refractivity contribution in [1.29, 1.82) is 0 Å². The summed E-state index contributed by atoms with van der Waals surface area (Å²) in [6.45, 7) is 2.24. The van der Waals surface area contributed by atoms with E-state index in [2.05, 4.69) is 18.4 Å². The second-order valence-corrected chi connectivity index (χ2v) is 6.89. The summed E-state index contributed by atoms with van der Waals surface area (Å²) in [6, 6.07) is 2.74. The van der Waals surface area contributed by atoms with Crippen LogP contribution in [0.15, 0.2) is 6.07 Å². The minimum Gasteiger partial charge on any atom is -0.271 e. The molecular formula is C13H22N2S2. The Bertz CT molecular complexity index is 326. The summed E-state index contributed by atoms with van der Waals surface area (Å²) in [5.74, 6) is 8.17. The SMILES string of the molecule is CCCCCC(NN)c1cc2c(s1)CCSC2. The van der Waals surface area contributed by atoms with Gasteiger partial charge in [-0.15, -0.1) is 11.3 Å². The van der Waals surface area contributed by atoms with E-state index >= 15 is 0 Å². The molecule has 0 saturated heterocycles. The van der Waals surface area contributed by atoms with Crippen LogP contribution in [-0.4, -0.2) is 5.75 Å². The maximum absolute atomic E-state index is 5.70. The summed E-state index contributed by atoms with van der Waals surface area (Å²) >= 11 is 4.02. The molecule has 1 aliphatic heterocycles. The molecular weight excluding hydrogens is 248 g/mol. The van der Waals surface area contributed by atoms with Gasteiger partial charge in [-0.25, -0.2) is 0 Å². The molecule has 0 amide bonds. The number of hydrogen-bond donors (Lipinski definition) is 2. The van der Waals surface area contributed by atoms with Crippen LogP contribution in [0.25, 0.3) is 0 Å². The van der Waals surface area contributed by atoms with Crippen LogP contribution in [0.3, 0.4) is 0 Å². The molecule has 4 heteroatoms. The molecule has 1 unspecified atom stereocenters. The first-order chi connectivity index (χ1) is 8.35. The highest BCUT2D eigenvalue weighted by Gasteiger charge is 2.18. The molecule has 0 radical (unpaired) electrons. The zero-order valence-corrected chi connectivity index (χ0v) is 12.1. The first-order valence-electron chi connectivity index (χ1n) is 6.50. The Hall–Kier alpha value is -0.0300. The summed E-state index contributed by atoms with van der Waals surface area (Å²) in [4.78, 5) is 3.03. The molecule has 2 rings (SSSR count). The number of thioether (sulfide) groups is 1. The fraction of sp³-hybridized carbons (Fsp3) is 0.692. The molecule has 0 saturated carbocycles. The number of hydrogen-bond acceptors (Lipinski definition) is 4. The van der Waals surface area contributed by atoms with E-state index in [-0.39, 0.29) is 0 Å². The van der Waals surface area contributed by atoms with Crippen molar-refractivity contribution < 1.29 is 0 Å². The fourth-order valence-electron chi connectivity index (χ4n) is 2.25. The summed E-state index contributed by atoms with van der Waals surface area (Å²) < 4.78 is 0. The van der Waals surface area contributed by atoms with E-state index in [0.29, 0.717) is 6.04 Å². The lowest BCUT2D eigenvalue weighted by Crippen LogP contribution is -2.27. The number of rotatable bonds is 6.